The quantitative estimate of drug-likeness (QED) is 0.932. The van der Waals surface area contributed by atoms with Crippen LogP contribution in [0.15, 0.2) is 10.9 Å². The molecule has 2 heterocycles. The molecular weight excluding hydrogens is 286 g/mol. The van der Waals surface area contributed by atoms with Gasteiger partial charge < -0.3 is 15.0 Å². The first kappa shape index (κ1) is 16.2. The van der Waals surface area contributed by atoms with Gasteiger partial charge >= 0.3 is 6.09 Å². The Bertz CT molecular complexity index is 456. The lowest BCUT2D eigenvalue weighted by Crippen LogP contribution is -2.55. The van der Waals surface area contributed by atoms with Crippen LogP contribution in [0, 0.1) is 0 Å². The zero-order valence-electron chi connectivity index (χ0n) is 13.3. The van der Waals surface area contributed by atoms with E-state index in [0.717, 1.165) is 31.6 Å². The second-order valence-electron chi connectivity index (χ2n) is 6.52. The molecule has 6 heteroatoms. The maximum atomic E-state index is 12.3. The Balaban J connectivity index is 1.91. The number of ether oxygens (including phenoxy) is 1. The number of carbonyl (C=O) groups excluding carboxylic acids is 1. The summed E-state index contributed by atoms with van der Waals surface area (Å²) in [6.07, 6.45) is 1.86. The molecule has 1 aliphatic rings. The topological polar surface area (TPSA) is 54.5 Å². The number of hydrogen-bond acceptors (Lipinski definition) is 5. The van der Waals surface area contributed by atoms with Gasteiger partial charge in [0.2, 0.25) is 0 Å². The molecule has 1 saturated heterocycles. The Labute approximate surface area is 130 Å². The average Bonchev–Trinajstić information content (AvgIpc) is 2.88. The molecule has 5 nitrogen and oxygen atoms in total. The molecule has 118 valence electrons. The molecule has 1 amide bonds. The van der Waals surface area contributed by atoms with Crippen LogP contribution >= 0.6 is 11.3 Å². The van der Waals surface area contributed by atoms with E-state index in [-0.39, 0.29) is 18.2 Å². The summed E-state index contributed by atoms with van der Waals surface area (Å²) in [7, 11) is 0. The van der Waals surface area contributed by atoms with E-state index in [0.29, 0.717) is 0 Å². The van der Waals surface area contributed by atoms with Crippen molar-refractivity contribution < 1.29 is 9.53 Å². The van der Waals surface area contributed by atoms with E-state index in [1.165, 1.54) is 0 Å². The Hall–Kier alpha value is -1.14. The lowest BCUT2D eigenvalue weighted by Gasteiger charge is -2.40. The number of rotatable bonds is 3. The molecule has 0 radical (unpaired) electrons. The number of thiazole rings is 1. The van der Waals surface area contributed by atoms with Crippen molar-refractivity contribution in [1.29, 1.82) is 0 Å². The van der Waals surface area contributed by atoms with Crippen LogP contribution in [0.3, 0.4) is 0 Å². The standard InChI is InChI=1S/C15H25N3O2S/c1-11-13(16-8-12-9-21-10-17-12)6-5-7-18(11)14(19)20-15(2,3)4/h9-11,13,16H,5-8H2,1-4H3. The smallest absolute Gasteiger partial charge is 0.410 e. The molecular formula is C15H25N3O2S. The van der Waals surface area contributed by atoms with Gasteiger partial charge in [0.1, 0.15) is 5.60 Å². The number of nitrogens with one attached hydrogen (secondary N) is 1. The zero-order valence-corrected chi connectivity index (χ0v) is 14.1. The van der Waals surface area contributed by atoms with Gasteiger partial charge in [0.25, 0.3) is 0 Å². The molecule has 0 bridgehead atoms. The molecule has 2 unspecified atom stereocenters. The summed E-state index contributed by atoms with van der Waals surface area (Å²) in [5.74, 6) is 0. The molecule has 0 spiro atoms. The highest BCUT2D eigenvalue weighted by molar-refractivity contribution is 7.07. The van der Waals surface area contributed by atoms with Gasteiger partial charge in [-0.15, -0.1) is 11.3 Å². The first-order valence-corrected chi connectivity index (χ1v) is 8.41. The van der Waals surface area contributed by atoms with Crippen molar-refractivity contribution in [2.24, 2.45) is 0 Å². The van der Waals surface area contributed by atoms with E-state index in [1.54, 1.807) is 11.3 Å². The van der Waals surface area contributed by atoms with Gasteiger partial charge in [-0.25, -0.2) is 9.78 Å². The third-order valence-corrected chi connectivity index (χ3v) is 4.28. The Morgan fingerprint density at radius 2 is 2.33 bits per heavy atom. The molecule has 1 aromatic rings. The maximum Gasteiger partial charge on any atom is 0.410 e. The Kier molecular flexibility index (Phi) is 5.22. The second kappa shape index (κ2) is 6.75. The van der Waals surface area contributed by atoms with Crippen LogP contribution in [0.2, 0.25) is 0 Å². The maximum absolute atomic E-state index is 12.3. The molecule has 1 N–H and O–H groups in total. The van der Waals surface area contributed by atoms with Crippen LogP contribution in [-0.4, -0.2) is 40.2 Å². The number of piperidine rings is 1. The summed E-state index contributed by atoms with van der Waals surface area (Å²) in [6.45, 7) is 9.31. The molecule has 0 aliphatic carbocycles. The summed E-state index contributed by atoms with van der Waals surface area (Å²) >= 11 is 1.60. The first-order chi connectivity index (χ1) is 9.87. The fraction of sp³-hybridized carbons (Fsp3) is 0.733. The third-order valence-electron chi connectivity index (χ3n) is 3.64. The highest BCUT2D eigenvalue weighted by Gasteiger charge is 2.33. The summed E-state index contributed by atoms with van der Waals surface area (Å²) < 4.78 is 5.49. The van der Waals surface area contributed by atoms with E-state index in [2.05, 4.69) is 17.2 Å². The van der Waals surface area contributed by atoms with E-state index < -0.39 is 5.60 Å². The van der Waals surface area contributed by atoms with Gasteiger partial charge in [0.05, 0.1) is 11.2 Å². The van der Waals surface area contributed by atoms with Crippen LogP contribution in [0.5, 0.6) is 0 Å². The highest BCUT2D eigenvalue weighted by Crippen LogP contribution is 2.21. The van der Waals surface area contributed by atoms with Crippen molar-refractivity contribution in [2.45, 2.75) is 64.8 Å². The van der Waals surface area contributed by atoms with Crippen molar-refractivity contribution in [3.05, 3.63) is 16.6 Å². The predicted octanol–water partition coefficient (Wildman–Crippen LogP) is 3.02. The minimum absolute atomic E-state index is 0.132. The number of aromatic nitrogens is 1. The number of amides is 1. The van der Waals surface area contributed by atoms with Gasteiger partial charge in [-0.2, -0.15) is 0 Å². The molecule has 0 aromatic carbocycles. The second-order valence-corrected chi connectivity index (χ2v) is 7.24. The summed E-state index contributed by atoms with van der Waals surface area (Å²) in [5, 5.41) is 5.56. The van der Waals surface area contributed by atoms with Crippen LogP contribution in [-0.2, 0) is 11.3 Å². The lowest BCUT2D eigenvalue weighted by atomic mass is 9.98. The van der Waals surface area contributed by atoms with E-state index >= 15 is 0 Å². The third kappa shape index (κ3) is 4.68. The van der Waals surface area contributed by atoms with Crippen molar-refractivity contribution in [3.63, 3.8) is 0 Å². The van der Waals surface area contributed by atoms with Crippen LogP contribution < -0.4 is 5.32 Å². The van der Waals surface area contributed by atoms with Crippen LogP contribution in [0.1, 0.15) is 46.2 Å². The van der Waals surface area contributed by atoms with Crippen molar-refractivity contribution >= 4 is 17.4 Å². The molecule has 2 rings (SSSR count). The first-order valence-electron chi connectivity index (χ1n) is 7.47. The van der Waals surface area contributed by atoms with Gasteiger partial charge in [-0.05, 0) is 40.5 Å². The monoisotopic (exact) mass is 311 g/mol. The van der Waals surface area contributed by atoms with Crippen LogP contribution in [0.4, 0.5) is 4.79 Å². The van der Waals surface area contributed by atoms with Crippen LogP contribution in [0.25, 0.3) is 0 Å². The number of carbonyl (C=O) groups is 1. The molecule has 21 heavy (non-hydrogen) atoms. The fourth-order valence-electron chi connectivity index (χ4n) is 2.55. The minimum Gasteiger partial charge on any atom is -0.444 e. The summed E-state index contributed by atoms with van der Waals surface area (Å²) in [6, 6.07) is 0.417. The summed E-state index contributed by atoms with van der Waals surface area (Å²) in [5.41, 5.74) is 2.45. The van der Waals surface area contributed by atoms with Crippen molar-refractivity contribution in [1.82, 2.24) is 15.2 Å². The van der Waals surface area contributed by atoms with Gasteiger partial charge in [-0.1, -0.05) is 0 Å². The Morgan fingerprint density at radius 3 is 2.95 bits per heavy atom. The predicted molar refractivity (Wildman–Crippen MR) is 84.4 cm³/mol. The van der Waals surface area contributed by atoms with Gasteiger partial charge in [0.15, 0.2) is 0 Å². The van der Waals surface area contributed by atoms with E-state index in [9.17, 15) is 4.79 Å². The zero-order chi connectivity index (χ0) is 15.5. The fourth-order valence-corrected chi connectivity index (χ4v) is 3.11. The largest absolute Gasteiger partial charge is 0.444 e. The summed E-state index contributed by atoms with van der Waals surface area (Å²) in [4.78, 5) is 18.4. The van der Waals surface area contributed by atoms with E-state index in [1.807, 2.05) is 36.6 Å². The highest BCUT2D eigenvalue weighted by atomic mass is 32.1. The van der Waals surface area contributed by atoms with Gasteiger partial charge in [0, 0.05) is 30.6 Å². The number of likely N-dealkylation sites (tertiary alicyclic amines) is 1. The normalized spacial score (nSPS) is 23.1. The molecule has 1 fully saturated rings. The lowest BCUT2D eigenvalue weighted by molar-refractivity contribution is 0.00697. The Morgan fingerprint density at radius 1 is 1.57 bits per heavy atom. The molecule has 1 aliphatic heterocycles. The van der Waals surface area contributed by atoms with Crippen molar-refractivity contribution in [2.75, 3.05) is 6.54 Å². The molecule has 1 aromatic heterocycles. The van der Waals surface area contributed by atoms with E-state index in [4.69, 9.17) is 4.74 Å². The SMILES string of the molecule is CC1C(NCc2cscn2)CCCN1C(=O)OC(C)(C)C. The molecule has 2 atom stereocenters. The minimum atomic E-state index is -0.447. The average molecular weight is 311 g/mol. The van der Waals surface area contributed by atoms with Gasteiger partial charge in [-0.3, -0.25) is 0 Å². The number of hydrogen-bond donors (Lipinski definition) is 1. The molecule has 0 saturated carbocycles. The number of nitrogens with zero attached hydrogens (tertiary/aromatic N) is 2. The van der Waals surface area contributed by atoms with Crippen molar-refractivity contribution in [3.8, 4) is 0 Å².